The summed E-state index contributed by atoms with van der Waals surface area (Å²) < 4.78 is 0. The first kappa shape index (κ1) is 11.1. The molecule has 1 aromatic heterocycles. The van der Waals surface area contributed by atoms with Crippen molar-refractivity contribution in [2.24, 2.45) is 5.73 Å². The predicted octanol–water partition coefficient (Wildman–Crippen LogP) is -0.266. The maximum absolute atomic E-state index is 10.7. The molecule has 0 radical (unpaired) electrons. The van der Waals surface area contributed by atoms with Gasteiger partial charge in [-0.05, 0) is 12.1 Å². The number of carbonyl (C=O) groups is 2. The number of aromatic nitrogens is 1. The highest BCUT2D eigenvalue weighted by atomic mass is 16.4. The van der Waals surface area contributed by atoms with Crippen LogP contribution in [0.15, 0.2) is 18.3 Å². The highest BCUT2D eigenvalue weighted by Gasteiger charge is 2.17. The summed E-state index contributed by atoms with van der Waals surface area (Å²) >= 11 is 0. The van der Waals surface area contributed by atoms with Crippen LogP contribution in [0.3, 0.4) is 0 Å². The SMILES string of the molecule is NC(Cc1ncccc1C(=O)O)C(=O)O. The Labute approximate surface area is 85.4 Å². The summed E-state index contributed by atoms with van der Waals surface area (Å²) in [6.45, 7) is 0. The first-order chi connectivity index (χ1) is 7.02. The number of nitrogens with two attached hydrogens (primary N) is 1. The van der Waals surface area contributed by atoms with Gasteiger partial charge in [0.05, 0.1) is 11.3 Å². The van der Waals surface area contributed by atoms with E-state index in [1.807, 2.05) is 0 Å². The normalized spacial score (nSPS) is 12.1. The van der Waals surface area contributed by atoms with E-state index in [0.717, 1.165) is 0 Å². The predicted molar refractivity (Wildman–Crippen MR) is 50.5 cm³/mol. The number of carboxylic acid groups (broad SMARTS) is 2. The Morgan fingerprint density at radius 3 is 2.67 bits per heavy atom. The molecule has 0 aliphatic carbocycles. The van der Waals surface area contributed by atoms with E-state index in [2.05, 4.69) is 4.98 Å². The number of nitrogens with zero attached hydrogens (tertiary/aromatic N) is 1. The van der Waals surface area contributed by atoms with E-state index >= 15 is 0 Å². The topological polar surface area (TPSA) is 114 Å². The van der Waals surface area contributed by atoms with Crippen LogP contribution in [-0.4, -0.2) is 33.2 Å². The lowest BCUT2D eigenvalue weighted by molar-refractivity contribution is -0.138. The van der Waals surface area contributed by atoms with Crippen molar-refractivity contribution in [2.75, 3.05) is 0 Å². The summed E-state index contributed by atoms with van der Waals surface area (Å²) in [5, 5.41) is 17.4. The van der Waals surface area contributed by atoms with Crippen molar-refractivity contribution in [3.05, 3.63) is 29.6 Å². The zero-order chi connectivity index (χ0) is 11.4. The van der Waals surface area contributed by atoms with Gasteiger partial charge in [0.1, 0.15) is 6.04 Å². The molecule has 6 nitrogen and oxygen atoms in total. The molecule has 1 atom stereocenters. The average Bonchev–Trinajstić information content (AvgIpc) is 2.18. The molecule has 0 saturated heterocycles. The molecule has 15 heavy (non-hydrogen) atoms. The fourth-order valence-electron chi connectivity index (χ4n) is 1.09. The Kier molecular flexibility index (Phi) is 3.35. The highest BCUT2D eigenvalue weighted by molar-refractivity contribution is 5.89. The maximum Gasteiger partial charge on any atom is 0.337 e. The van der Waals surface area contributed by atoms with Crippen LogP contribution < -0.4 is 5.73 Å². The smallest absolute Gasteiger partial charge is 0.337 e. The summed E-state index contributed by atoms with van der Waals surface area (Å²) in [5.41, 5.74) is 5.45. The van der Waals surface area contributed by atoms with Gasteiger partial charge in [-0.1, -0.05) is 0 Å². The van der Waals surface area contributed by atoms with Gasteiger partial charge in [0.15, 0.2) is 0 Å². The van der Waals surface area contributed by atoms with Crippen LogP contribution in [0.5, 0.6) is 0 Å². The molecule has 0 aliphatic heterocycles. The average molecular weight is 210 g/mol. The zero-order valence-corrected chi connectivity index (χ0v) is 7.75. The largest absolute Gasteiger partial charge is 0.480 e. The third-order valence-corrected chi connectivity index (χ3v) is 1.85. The second-order valence-electron chi connectivity index (χ2n) is 2.95. The molecule has 0 aromatic carbocycles. The van der Waals surface area contributed by atoms with Crippen LogP contribution >= 0.6 is 0 Å². The number of aromatic carboxylic acids is 1. The lowest BCUT2D eigenvalue weighted by atomic mass is 10.1. The Balaban J connectivity index is 2.94. The van der Waals surface area contributed by atoms with E-state index < -0.39 is 18.0 Å². The highest BCUT2D eigenvalue weighted by Crippen LogP contribution is 2.07. The van der Waals surface area contributed by atoms with E-state index in [0.29, 0.717) is 0 Å². The molecule has 0 fully saturated rings. The Hall–Kier alpha value is -1.95. The Morgan fingerprint density at radius 2 is 2.13 bits per heavy atom. The number of hydrogen-bond acceptors (Lipinski definition) is 4. The second-order valence-corrected chi connectivity index (χ2v) is 2.95. The molecular weight excluding hydrogens is 200 g/mol. The summed E-state index contributed by atoms with van der Waals surface area (Å²) in [4.78, 5) is 25.0. The lowest BCUT2D eigenvalue weighted by Gasteiger charge is -2.07. The number of rotatable bonds is 4. The van der Waals surface area contributed by atoms with Crippen LogP contribution in [0.2, 0.25) is 0 Å². The van der Waals surface area contributed by atoms with Crippen LogP contribution in [0, 0.1) is 0 Å². The second kappa shape index (κ2) is 4.52. The molecule has 0 bridgehead atoms. The summed E-state index contributed by atoms with van der Waals surface area (Å²) in [6.07, 6.45) is 1.30. The van der Waals surface area contributed by atoms with Gasteiger partial charge in [0.2, 0.25) is 0 Å². The minimum Gasteiger partial charge on any atom is -0.480 e. The molecule has 4 N–H and O–H groups in total. The minimum atomic E-state index is -1.18. The van der Waals surface area contributed by atoms with E-state index in [1.54, 1.807) is 0 Å². The molecule has 1 heterocycles. The van der Waals surface area contributed by atoms with Crippen molar-refractivity contribution in [3.63, 3.8) is 0 Å². The quantitative estimate of drug-likeness (QED) is 0.630. The minimum absolute atomic E-state index is 0.0193. The van der Waals surface area contributed by atoms with E-state index in [-0.39, 0.29) is 17.7 Å². The van der Waals surface area contributed by atoms with Crippen LogP contribution in [-0.2, 0) is 11.2 Å². The molecule has 1 rings (SSSR count). The maximum atomic E-state index is 10.7. The van der Waals surface area contributed by atoms with Gasteiger partial charge in [0.25, 0.3) is 0 Å². The van der Waals surface area contributed by atoms with Gasteiger partial charge in [0, 0.05) is 12.6 Å². The third-order valence-electron chi connectivity index (χ3n) is 1.85. The molecule has 6 heteroatoms. The van der Waals surface area contributed by atoms with Crippen molar-refractivity contribution in [1.82, 2.24) is 4.98 Å². The molecule has 1 unspecified atom stereocenters. The van der Waals surface area contributed by atoms with Crippen molar-refractivity contribution in [2.45, 2.75) is 12.5 Å². The van der Waals surface area contributed by atoms with Crippen molar-refractivity contribution >= 4 is 11.9 Å². The molecule has 0 aliphatic rings. The number of hydrogen-bond donors (Lipinski definition) is 3. The van der Waals surface area contributed by atoms with Crippen LogP contribution in [0.1, 0.15) is 16.1 Å². The fraction of sp³-hybridized carbons (Fsp3) is 0.222. The first-order valence-electron chi connectivity index (χ1n) is 4.18. The number of carboxylic acids is 2. The molecule has 0 amide bonds. The molecule has 0 spiro atoms. The van der Waals surface area contributed by atoms with Crippen LogP contribution in [0.25, 0.3) is 0 Å². The summed E-state index contributed by atoms with van der Waals surface area (Å²) in [5.74, 6) is -2.33. The Bertz CT molecular complexity index is 391. The van der Waals surface area contributed by atoms with E-state index in [9.17, 15) is 9.59 Å². The third kappa shape index (κ3) is 2.75. The fourth-order valence-corrected chi connectivity index (χ4v) is 1.09. The van der Waals surface area contributed by atoms with Crippen LogP contribution in [0.4, 0.5) is 0 Å². The van der Waals surface area contributed by atoms with Gasteiger partial charge in [-0.3, -0.25) is 9.78 Å². The van der Waals surface area contributed by atoms with Gasteiger partial charge in [-0.15, -0.1) is 0 Å². The van der Waals surface area contributed by atoms with E-state index in [1.165, 1.54) is 18.3 Å². The van der Waals surface area contributed by atoms with Crippen molar-refractivity contribution < 1.29 is 19.8 Å². The summed E-state index contributed by atoms with van der Waals surface area (Å²) in [6, 6.07) is 1.69. The van der Waals surface area contributed by atoms with E-state index in [4.69, 9.17) is 15.9 Å². The molecule has 1 aromatic rings. The summed E-state index contributed by atoms with van der Waals surface area (Å²) in [7, 11) is 0. The van der Waals surface area contributed by atoms with Gasteiger partial charge < -0.3 is 15.9 Å². The number of aliphatic carboxylic acids is 1. The lowest BCUT2D eigenvalue weighted by Crippen LogP contribution is -2.33. The first-order valence-corrected chi connectivity index (χ1v) is 4.18. The Morgan fingerprint density at radius 1 is 1.47 bits per heavy atom. The van der Waals surface area contributed by atoms with Gasteiger partial charge in [-0.2, -0.15) is 0 Å². The van der Waals surface area contributed by atoms with Crippen molar-refractivity contribution in [3.8, 4) is 0 Å². The molecular formula is C9H10N2O4. The van der Waals surface area contributed by atoms with Gasteiger partial charge >= 0.3 is 11.9 Å². The van der Waals surface area contributed by atoms with Crippen molar-refractivity contribution in [1.29, 1.82) is 0 Å². The molecule has 80 valence electrons. The zero-order valence-electron chi connectivity index (χ0n) is 7.75. The number of pyridine rings is 1. The molecule has 0 saturated carbocycles. The standard InChI is InChI=1S/C9H10N2O4/c10-6(9(14)15)4-7-5(8(12)13)2-1-3-11-7/h1-3,6H,4,10H2,(H,12,13)(H,14,15). The monoisotopic (exact) mass is 210 g/mol. The van der Waals surface area contributed by atoms with Gasteiger partial charge in [-0.25, -0.2) is 4.79 Å².